The quantitative estimate of drug-likeness (QED) is 0.826. The second-order valence-corrected chi connectivity index (χ2v) is 5.99. The number of ether oxygens (including phenoxy) is 1. The molecule has 1 N–H and O–H groups in total. The summed E-state index contributed by atoms with van der Waals surface area (Å²) in [6.45, 7) is 1.10. The number of rotatable bonds is 6. The van der Waals surface area contributed by atoms with Gasteiger partial charge in [-0.25, -0.2) is 9.97 Å². The molecular formula is C12H13Cl2N3OS. The highest BCUT2D eigenvalue weighted by Crippen LogP contribution is 2.21. The topological polar surface area (TPSA) is 47.0 Å². The number of nitrogens with zero attached hydrogens (tertiary/aromatic N) is 2. The molecule has 4 nitrogen and oxygen atoms in total. The molecule has 0 aliphatic carbocycles. The van der Waals surface area contributed by atoms with Gasteiger partial charge in [0.05, 0.1) is 4.34 Å². The number of aromatic nitrogens is 2. The van der Waals surface area contributed by atoms with Crippen molar-refractivity contribution in [1.82, 2.24) is 9.97 Å². The van der Waals surface area contributed by atoms with Crippen molar-refractivity contribution in [2.45, 2.75) is 13.0 Å². The minimum atomic E-state index is 0.343. The van der Waals surface area contributed by atoms with Crippen LogP contribution in [0.4, 0.5) is 5.82 Å². The second kappa shape index (κ2) is 7.05. The van der Waals surface area contributed by atoms with Gasteiger partial charge in [-0.2, -0.15) is 0 Å². The van der Waals surface area contributed by atoms with Crippen LogP contribution in [0.3, 0.4) is 0 Å². The summed E-state index contributed by atoms with van der Waals surface area (Å²) >= 11 is 13.4. The molecule has 0 aliphatic heterocycles. The van der Waals surface area contributed by atoms with Crippen LogP contribution in [0.25, 0.3) is 0 Å². The fourth-order valence-corrected chi connectivity index (χ4v) is 2.84. The van der Waals surface area contributed by atoms with Crippen molar-refractivity contribution in [2.24, 2.45) is 0 Å². The lowest BCUT2D eigenvalue weighted by Crippen LogP contribution is -2.08. The summed E-state index contributed by atoms with van der Waals surface area (Å²) in [6, 6.07) is 5.62. The maximum atomic E-state index is 5.92. The minimum Gasteiger partial charge on any atom is -0.377 e. The fourth-order valence-electron chi connectivity index (χ4n) is 1.55. The van der Waals surface area contributed by atoms with Crippen molar-refractivity contribution < 1.29 is 4.74 Å². The maximum absolute atomic E-state index is 5.92. The Balaban J connectivity index is 1.91. The molecule has 2 aromatic heterocycles. The van der Waals surface area contributed by atoms with Crippen LogP contribution >= 0.6 is 34.5 Å². The van der Waals surface area contributed by atoms with Crippen molar-refractivity contribution >= 4 is 40.4 Å². The molecule has 102 valence electrons. The molecular weight excluding hydrogens is 305 g/mol. The molecule has 0 aromatic carbocycles. The SMILES string of the molecule is COCc1nc(Cl)cc(NCCc2ccc(Cl)s2)n1. The van der Waals surface area contributed by atoms with E-state index in [-0.39, 0.29) is 0 Å². The predicted molar refractivity (Wildman–Crippen MR) is 79.3 cm³/mol. The van der Waals surface area contributed by atoms with E-state index in [2.05, 4.69) is 15.3 Å². The van der Waals surface area contributed by atoms with Crippen LogP contribution in [0.1, 0.15) is 10.7 Å². The van der Waals surface area contributed by atoms with Crippen LogP contribution < -0.4 is 5.32 Å². The summed E-state index contributed by atoms with van der Waals surface area (Å²) in [5.41, 5.74) is 0. The summed E-state index contributed by atoms with van der Waals surface area (Å²) in [5.74, 6) is 1.27. The highest BCUT2D eigenvalue weighted by molar-refractivity contribution is 7.16. The summed E-state index contributed by atoms with van der Waals surface area (Å²) in [6.07, 6.45) is 0.888. The summed E-state index contributed by atoms with van der Waals surface area (Å²) in [4.78, 5) is 9.60. The average Bonchev–Trinajstić information content (AvgIpc) is 2.75. The van der Waals surface area contributed by atoms with Crippen LogP contribution in [0.2, 0.25) is 9.49 Å². The number of hydrogen-bond acceptors (Lipinski definition) is 5. The van der Waals surface area contributed by atoms with Crippen LogP contribution in [0, 0.1) is 0 Å². The van der Waals surface area contributed by atoms with E-state index in [0.29, 0.717) is 23.4 Å². The highest BCUT2D eigenvalue weighted by Gasteiger charge is 2.03. The zero-order valence-electron chi connectivity index (χ0n) is 10.3. The van der Waals surface area contributed by atoms with E-state index in [4.69, 9.17) is 27.9 Å². The Kier molecular flexibility index (Phi) is 5.39. The number of hydrogen-bond donors (Lipinski definition) is 1. The van der Waals surface area contributed by atoms with E-state index in [1.54, 1.807) is 24.5 Å². The van der Waals surface area contributed by atoms with E-state index >= 15 is 0 Å². The standard InChI is InChI=1S/C12H13Cl2N3OS/c1-18-7-12-16-9(13)6-11(17-12)15-5-4-8-2-3-10(14)19-8/h2-3,6H,4-5,7H2,1H3,(H,15,16,17). The zero-order valence-corrected chi connectivity index (χ0v) is 12.6. The van der Waals surface area contributed by atoms with E-state index in [1.165, 1.54) is 4.88 Å². The monoisotopic (exact) mass is 317 g/mol. The maximum Gasteiger partial charge on any atom is 0.158 e. The number of nitrogens with one attached hydrogen (secondary N) is 1. The molecule has 0 saturated carbocycles. The Morgan fingerprint density at radius 1 is 1.32 bits per heavy atom. The molecule has 7 heteroatoms. The number of thiophene rings is 1. The van der Waals surface area contributed by atoms with Gasteiger partial charge in [-0.3, -0.25) is 0 Å². The first-order valence-corrected chi connectivity index (χ1v) is 7.25. The minimum absolute atomic E-state index is 0.343. The highest BCUT2D eigenvalue weighted by atomic mass is 35.5. The third-order valence-corrected chi connectivity index (χ3v) is 3.81. The van der Waals surface area contributed by atoms with Gasteiger partial charge in [0.15, 0.2) is 5.82 Å². The average molecular weight is 318 g/mol. The van der Waals surface area contributed by atoms with Crippen molar-refractivity contribution in [3.8, 4) is 0 Å². The van der Waals surface area contributed by atoms with Gasteiger partial charge < -0.3 is 10.1 Å². The Bertz CT molecular complexity index is 548. The van der Waals surface area contributed by atoms with Crippen LogP contribution in [0.15, 0.2) is 18.2 Å². The van der Waals surface area contributed by atoms with E-state index in [1.807, 2.05) is 12.1 Å². The van der Waals surface area contributed by atoms with Crippen molar-refractivity contribution in [3.63, 3.8) is 0 Å². The van der Waals surface area contributed by atoms with E-state index < -0.39 is 0 Å². The molecule has 0 bridgehead atoms. The van der Waals surface area contributed by atoms with E-state index in [9.17, 15) is 0 Å². The third-order valence-electron chi connectivity index (χ3n) is 2.32. The third kappa shape index (κ3) is 4.62. The smallest absolute Gasteiger partial charge is 0.158 e. The first-order valence-electron chi connectivity index (χ1n) is 5.68. The molecule has 0 radical (unpaired) electrons. The van der Waals surface area contributed by atoms with Crippen LogP contribution in [-0.4, -0.2) is 23.6 Å². The number of halogens is 2. The van der Waals surface area contributed by atoms with Gasteiger partial charge >= 0.3 is 0 Å². The lowest BCUT2D eigenvalue weighted by Gasteiger charge is -2.07. The lowest BCUT2D eigenvalue weighted by atomic mass is 10.3. The first-order chi connectivity index (χ1) is 9.17. The number of methoxy groups -OCH3 is 1. The molecule has 0 fully saturated rings. The summed E-state index contributed by atoms with van der Waals surface area (Å²) < 4.78 is 5.80. The van der Waals surface area contributed by atoms with Gasteiger partial charge in [0.2, 0.25) is 0 Å². The Morgan fingerprint density at radius 3 is 2.84 bits per heavy atom. The molecule has 19 heavy (non-hydrogen) atoms. The second-order valence-electron chi connectivity index (χ2n) is 3.81. The van der Waals surface area contributed by atoms with Gasteiger partial charge in [0.1, 0.15) is 17.6 Å². The number of anilines is 1. The van der Waals surface area contributed by atoms with Gasteiger partial charge in [-0.05, 0) is 18.6 Å². The van der Waals surface area contributed by atoms with Gasteiger partial charge in [-0.15, -0.1) is 11.3 Å². The molecule has 0 saturated heterocycles. The molecule has 0 unspecified atom stereocenters. The Morgan fingerprint density at radius 2 is 2.16 bits per heavy atom. The predicted octanol–water partition coefficient (Wildman–Crippen LogP) is 3.65. The first kappa shape index (κ1) is 14.5. The molecule has 0 atom stereocenters. The molecule has 2 heterocycles. The zero-order chi connectivity index (χ0) is 13.7. The molecule has 0 amide bonds. The fraction of sp³-hybridized carbons (Fsp3) is 0.333. The summed E-state index contributed by atoms with van der Waals surface area (Å²) in [7, 11) is 1.60. The van der Waals surface area contributed by atoms with Crippen molar-refractivity contribution in [3.05, 3.63) is 38.4 Å². The van der Waals surface area contributed by atoms with Gasteiger partial charge in [0.25, 0.3) is 0 Å². The largest absolute Gasteiger partial charge is 0.377 e. The molecule has 2 rings (SSSR count). The Hall–Kier alpha value is -0.880. The van der Waals surface area contributed by atoms with Crippen LogP contribution in [-0.2, 0) is 17.8 Å². The Labute approximate surface area is 125 Å². The summed E-state index contributed by atoms with van der Waals surface area (Å²) in [5, 5.41) is 3.62. The lowest BCUT2D eigenvalue weighted by molar-refractivity contribution is 0.178. The molecule has 0 spiro atoms. The van der Waals surface area contributed by atoms with Crippen LogP contribution in [0.5, 0.6) is 0 Å². The molecule has 0 aliphatic rings. The van der Waals surface area contributed by atoms with Gasteiger partial charge in [0, 0.05) is 24.6 Å². The molecule has 2 aromatic rings. The van der Waals surface area contributed by atoms with E-state index in [0.717, 1.165) is 17.3 Å². The normalized spacial score (nSPS) is 10.7. The van der Waals surface area contributed by atoms with Crippen molar-refractivity contribution in [2.75, 3.05) is 19.0 Å². The van der Waals surface area contributed by atoms with Gasteiger partial charge in [-0.1, -0.05) is 23.2 Å². The van der Waals surface area contributed by atoms with Crippen molar-refractivity contribution in [1.29, 1.82) is 0 Å².